The third kappa shape index (κ3) is 3.74. The molecule has 0 spiro atoms. The molecule has 0 radical (unpaired) electrons. The van der Waals surface area contributed by atoms with Crippen molar-refractivity contribution in [3.05, 3.63) is 17.6 Å². The number of anilines is 1. The van der Waals surface area contributed by atoms with Gasteiger partial charge in [-0.3, -0.25) is 0 Å². The summed E-state index contributed by atoms with van der Waals surface area (Å²) in [6.07, 6.45) is 6.22. The van der Waals surface area contributed by atoms with Crippen LogP contribution >= 0.6 is 0 Å². The molecule has 0 atom stereocenters. The van der Waals surface area contributed by atoms with Crippen molar-refractivity contribution < 1.29 is 9.47 Å². The highest BCUT2D eigenvalue weighted by atomic mass is 16.5. The summed E-state index contributed by atoms with van der Waals surface area (Å²) >= 11 is 0. The largest absolute Gasteiger partial charge is 0.382 e. The second kappa shape index (κ2) is 7.85. The Hall–Kier alpha value is -1.24. The number of fused-ring (bicyclic) bond motifs is 1. The molecule has 3 rings (SSSR count). The summed E-state index contributed by atoms with van der Waals surface area (Å²) in [5, 5.41) is 3.44. The van der Waals surface area contributed by atoms with Crippen molar-refractivity contribution >= 4 is 5.82 Å². The molecule has 0 saturated carbocycles. The maximum absolute atomic E-state index is 5.85. The molecule has 3 heterocycles. The van der Waals surface area contributed by atoms with E-state index in [0.717, 1.165) is 57.7 Å². The number of methoxy groups -OCH3 is 1. The molecule has 6 heteroatoms. The van der Waals surface area contributed by atoms with Crippen LogP contribution in [0.1, 0.15) is 24.1 Å². The number of rotatable bonds is 5. The third-order valence-corrected chi connectivity index (χ3v) is 4.48. The van der Waals surface area contributed by atoms with Gasteiger partial charge in [-0.1, -0.05) is 0 Å². The fourth-order valence-electron chi connectivity index (χ4n) is 3.26. The van der Waals surface area contributed by atoms with Crippen LogP contribution in [0.2, 0.25) is 0 Å². The Balaban J connectivity index is 1.62. The van der Waals surface area contributed by atoms with Crippen LogP contribution in [0.15, 0.2) is 6.33 Å². The van der Waals surface area contributed by atoms with Gasteiger partial charge in [-0.25, -0.2) is 9.97 Å². The van der Waals surface area contributed by atoms with Crippen LogP contribution in [0.5, 0.6) is 0 Å². The first-order valence-electron chi connectivity index (χ1n) is 8.27. The van der Waals surface area contributed by atoms with Crippen LogP contribution in [0.3, 0.4) is 0 Å². The first-order valence-corrected chi connectivity index (χ1v) is 8.27. The standard InChI is InChI=1S/C16H26N4O2/c1-21-10-11-22-13-4-8-20(9-5-13)16-14-2-6-17-7-3-15(14)18-12-19-16/h12-13,17H,2-11H2,1H3. The summed E-state index contributed by atoms with van der Waals surface area (Å²) < 4.78 is 10.9. The number of nitrogens with one attached hydrogen (secondary N) is 1. The number of aromatic nitrogens is 2. The molecule has 1 aromatic heterocycles. The summed E-state index contributed by atoms with van der Waals surface area (Å²) in [7, 11) is 1.71. The lowest BCUT2D eigenvalue weighted by Crippen LogP contribution is -2.38. The molecule has 6 nitrogen and oxygen atoms in total. The maximum Gasteiger partial charge on any atom is 0.135 e. The van der Waals surface area contributed by atoms with Gasteiger partial charge < -0.3 is 19.7 Å². The van der Waals surface area contributed by atoms with Gasteiger partial charge in [0.25, 0.3) is 0 Å². The van der Waals surface area contributed by atoms with Gasteiger partial charge in [0.05, 0.1) is 25.0 Å². The quantitative estimate of drug-likeness (QED) is 0.812. The summed E-state index contributed by atoms with van der Waals surface area (Å²) in [4.78, 5) is 11.5. The lowest BCUT2D eigenvalue weighted by atomic mass is 10.0. The van der Waals surface area contributed by atoms with Crippen LogP contribution < -0.4 is 10.2 Å². The van der Waals surface area contributed by atoms with E-state index in [1.165, 1.54) is 11.3 Å². The second-order valence-corrected chi connectivity index (χ2v) is 5.92. The Labute approximate surface area is 132 Å². The lowest BCUT2D eigenvalue weighted by molar-refractivity contribution is 0.00603. The molecule has 122 valence electrons. The van der Waals surface area contributed by atoms with E-state index < -0.39 is 0 Å². The van der Waals surface area contributed by atoms with Gasteiger partial charge in [-0.05, 0) is 25.8 Å². The molecule has 0 aliphatic carbocycles. The fourth-order valence-corrected chi connectivity index (χ4v) is 3.26. The Morgan fingerprint density at radius 3 is 2.82 bits per heavy atom. The van der Waals surface area contributed by atoms with Crippen LogP contribution in [0, 0.1) is 0 Å². The van der Waals surface area contributed by atoms with Gasteiger partial charge in [0, 0.05) is 38.7 Å². The average molecular weight is 306 g/mol. The Kier molecular flexibility index (Phi) is 5.58. The SMILES string of the molecule is COCCOC1CCN(c2ncnc3c2CCNCC3)CC1. The van der Waals surface area contributed by atoms with Gasteiger partial charge in [0.15, 0.2) is 0 Å². The van der Waals surface area contributed by atoms with E-state index >= 15 is 0 Å². The van der Waals surface area contributed by atoms with Crippen molar-refractivity contribution in [3.63, 3.8) is 0 Å². The van der Waals surface area contributed by atoms with E-state index in [1.807, 2.05) is 0 Å². The second-order valence-electron chi connectivity index (χ2n) is 5.92. The minimum absolute atomic E-state index is 0.355. The van der Waals surface area contributed by atoms with E-state index in [4.69, 9.17) is 9.47 Å². The van der Waals surface area contributed by atoms with Crippen LogP contribution in [-0.2, 0) is 22.3 Å². The average Bonchev–Trinajstić information content (AvgIpc) is 2.81. The number of hydrogen-bond donors (Lipinski definition) is 1. The molecule has 22 heavy (non-hydrogen) atoms. The minimum atomic E-state index is 0.355. The number of piperidine rings is 1. The first-order chi connectivity index (χ1) is 10.9. The predicted octanol–water partition coefficient (Wildman–Crippen LogP) is 0.797. The van der Waals surface area contributed by atoms with Gasteiger partial charge in [0.1, 0.15) is 12.1 Å². The van der Waals surface area contributed by atoms with Crippen molar-refractivity contribution in [3.8, 4) is 0 Å². The zero-order chi connectivity index (χ0) is 15.2. The number of ether oxygens (including phenoxy) is 2. The predicted molar refractivity (Wildman–Crippen MR) is 85.4 cm³/mol. The normalized spacial score (nSPS) is 19.8. The summed E-state index contributed by atoms with van der Waals surface area (Å²) in [5.74, 6) is 1.14. The highest BCUT2D eigenvalue weighted by Crippen LogP contribution is 2.25. The molecular formula is C16H26N4O2. The molecule has 1 fully saturated rings. The lowest BCUT2D eigenvalue weighted by Gasteiger charge is -2.34. The van der Waals surface area contributed by atoms with Crippen molar-refractivity contribution in [1.82, 2.24) is 15.3 Å². The molecule has 1 N–H and O–H groups in total. The Morgan fingerprint density at radius 1 is 1.18 bits per heavy atom. The van der Waals surface area contributed by atoms with Crippen molar-refractivity contribution in [2.24, 2.45) is 0 Å². The van der Waals surface area contributed by atoms with Crippen molar-refractivity contribution in [2.75, 3.05) is 51.4 Å². The zero-order valence-electron chi connectivity index (χ0n) is 13.4. The number of hydrogen-bond acceptors (Lipinski definition) is 6. The molecule has 1 aromatic rings. The molecule has 2 aliphatic heterocycles. The highest BCUT2D eigenvalue weighted by Gasteiger charge is 2.24. The van der Waals surface area contributed by atoms with E-state index in [-0.39, 0.29) is 0 Å². The van der Waals surface area contributed by atoms with Gasteiger partial charge in [-0.15, -0.1) is 0 Å². The smallest absolute Gasteiger partial charge is 0.135 e. The van der Waals surface area contributed by atoms with Gasteiger partial charge >= 0.3 is 0 Å². The van der Waals surface area contributed by atoms with Crippen LogP contribution in [0.4, 0.5) is 5.82 Å². The van der Waals surface area contributed by atoms with Crippen LogP contribution in [0.25, 0.3) is 0 Å². The minimum Gasteiger partial charge on any atom is -0.382 e. The van der Waals surface area contributed by atoms with Gasteiger partial charge in [0.2, 0.25) is 0 Å². The fraction of sp³-hybridized carbons (Fsp3) is 0.750. The third-order valence-electron chi connectivity index (χ3n) is 4.48. The molecule has 0 bridgehead atoms. The molecule has 0 unspecified atom stereocenters. The summed E-state index contributed by atoms with van der Waals surface area (Å²) in [6.45, 7) is 5.41. The molecule has 1 saturated heterocycles. The monoisotopic (exact) mass is 306 g/mol. The molecular weight excluding hydrogens is 280 g/mol. The summed E-state index contributed by atoms with van der Waals surface area (Å²) in [6, 6.07) is 0. The molecule has 0 aromatic carbocycles. The number of nitrogens with zero attached hydrogens (tertiary/aromatic N) is 3. The Bertz CT molecular complexity index is 475. The van der Waals surface area contributed by atoms with Crippen molar-refractivity contribution in [1.29, 1.82) is 0 Å². The van der Waals surface area contributed by atoms with Crippen LogP contribution in [-0.4, -0.2) is 62.6 Å². The van der Waals surface area contributed by atoms with E-state index in [9.17, 15) is 0 Å². The van der Waals surface area contributed by atoms with Gasteiger partial charge in [-0.2, -0.15) is 0 Å². The molecule has 0 amide bonds. The van der Waals surface area contributed by atoms with Crippen molar-refractivity contribution in [2.45, 2.75) is 31.8 Å². The topological polar surface area (TPSA) is 59.5 Å². The maximum atomic E-state index is 5.85. The molecule has 2 aliphatic rings. The van der Waals surface area contributed by atoms with E-state index in [1.54, 1.807) is 13.4 Å². The van der Waals surface area contributed by atoms with E-state index in [0.29, 0.717) is 19.3 Å². The summed E-state index contributed by atoms with van der Waals surface area (Å²) in [5.41, 5.74) is 2.56. The van der Waals surface area contributed by atoms with E-state index in [2.05, 4.69) is 20.2 Å². The Morgan fingerprint density at radius 2 is 2.00 bits per heavy atom. The zero-order valence-corrected chi connectivity index (χ0v) is 13.4. The first kappa shape index (κ1) is 15.6. The highest BCUT2D eigenvalue weighted by molar-refractivity contribution is 5.49.